The Labute approximate surface area is 128 Å². The number of H-pyrrole nitrogens is 2. The molecule has 0 radical (unpaired) electrons. The average molecular weight is 307 g/mol. The molecule has 4 rings (SSSR count). The van der Waals surface area contributed by atoms with Crippen LogP contribution in [0.2, 0.25) is 0 Å². The molecule has 0 fully saturated rings. The van der Waals surface area contributed by atoms with Crippen molar-refractivity contribution in [1.82, 2.24) is 20.2 Å². The van der Waals surface area contributed by atoms with Gasteiger partial charge >= 0.3 is 0 Å². The number of aromatic nitrogens is 4. The summed E-state index contributed by atoms with van der Waals surface area (Å²) in [6.45, 7) is 0. The van der Waals surface area contributed by atoms with E-state index < -0.39 is 10.5 Å². The number of nitro benzene ring substituents is 1. The minimum Gasteiger partial charge on any atom is -0.352 e. The fraction of sp³-hybridized carbons (Fsp3) is 0. The van der Waals surface area contributed by atoms with E-state index in [2.05, 4.69) is 20.2 Å². The van der Waals surface area contributed by atoms with Crippen molar-refractivity contribution < 1.29 is 4.92 Å². The zero-order valence-corrected chi connectivity index (χ0v) is 11.6. The van der Waals surface area contributed by atoms with Gasteiger partial charge in [-0.2, -0.15) is 5.10 Å². The Morgan fingerprint density at radius 2 is 1.91 bits per heavy atom. The van der Waals surface area contributed by atoms with Gasteiger partial charge in [-0.25, -0.2) is 5.10 Å². The van der Waals surface area contributed by atoms with E-state index in [1.807, 2.05) is 0 Å². The average Bonchev–Trinajstić information content (AvgIpc) is 2.95. The van der Waals surface area contributed by atoms with E-state index in [0.29, 0.717) is 27.5 Å². The molecule has 8 nitrogen and oxygen atoms in total. The van der Waals surface area contributed by atoms with E-state index in [0.717, 1.165) is 5.56 Å². The van der Waals surface area contributed by atoms with Gasteiger partial charge in [0.1, 0.15) is 5.69 Å². The lowest BCUT2D eigenvalue weighted by Crippen LogP contribution is -2.08. The van der Waals surface area contributed by atoms with Gasteiger partial charge in [-0.05, 0) is 18.2 Å². The van der Waals surface area contributed by atoms with E-state index in [1.165, 1.54) is 12.1 Å². The molecule has 2 N–H and O–H groups in total. The molecule has 0 saturated carbocycles. The highest BCUT2D eigenvalue weighted by molar-refractivity contribution is 6.11. The van der Waals surface area contributed by atoms with Gasteiger partial charge in [0.25, 0.3) is 11.2 Å². The lowest BCUT2D eigenvalue weighted by Gasteiger charge is -2.00. The van der Waals surface area contributed by atoms with Crippen molar-refractivity contribution in [2.75, 3.05) is 0 Å². The lowest BCUT2D eigenvalue weighted by molar-refractivity contribution is -0.384. The van der Waals surface area contributed by atoms with Crippen LogP contribution in [0.3, 0.4) is 0 Å². The second kappa shape index (κ2) is 4.73. The number of non-ortho nitro benzene ring substituents is 1. The van der Waals surface area contributed by atoms with Gasteiger partial charge in [0.2, 0.25) is 0 Å². The zero-order valence-electron chi connectivity index (χ0n) is 11.6. The highest BCUT2D eigenvalue weighted by atomic mass is 16.6. The fourth-order valence-corrected chi connectivity index (χ4v) is 2.64. The normalized spacial score (nSPS) is 11.1. The quantitative estimate of drug-likeness (QED) is 0.435. The Balaban J connectivity index is 2.13. The van der Waals surface area contributed by atoms with Crippen molar-refractivity contribution >= 4 is 27.5 Å². The first-order chi connectivity index (χ1) is 11.1. The van der Waals surface area contributed by atoms with Crippen molar-refractivity contribution in [1.29, 1.82) is 0 Å². The summed E-state index contributed by atoms with van der Waals surface area (Å²) in [7, 11) is 0. The molecule has 112 valence electrons. The topological polar surface area (TPSA) is 118 Å². The first-order valence-electron chi connectivity index (χ1n) is 6.74. The second-order valence-electron chi connectivity index (χ2n) is 5.00. The summed E-state index contributed by atoms with van der Waals surface area (Å²) >= 11 is 0. The van der Waals surface area contributed by atoms with E-state index in [-0.39, 0.29) is 5.69 Å². The molecule has 0 bridgehead atoms. The van der Waals surface area contributed by atoms with Crippen molar-refractivity contribution in [2.24, 2.45) is 0 Å². The molecule has 0 aliphatic carbocycles. The standard InChI is InChI=1S/C15H9N5O3/c21-15-12-10-7-9(20(22)23)1-2-11(10)17-14(12)13(18-19-15)8-3-5-16-6-4-8/h1-7,17H,(H,19,21). The number of fused-ring (bicyclic) bond motifs is 3. The van der Waals surface area contributed by atoms with Crippen LogP contribution in [-0.2, 0) is 0 Å². The largest absolute Gasteiger partial charge is 0.352 e. The van der Waals surface area contributed by atoms with Gasteiger partial charge in [0.15, 0.2) is 0 Å². The van der Waals surface area contributed by atoms with Crippen LogP contribution in [0.4, 0.5) is 5.69 Å². The summed E-state index contributed by atoms with van der Waals surface area (Å²) < 4.78 is 0. The number of nitrogens with zero attached hydrogens (tertiary/aromatic N) is 3. The third-order valence-corrected chi connectivity index (χ3v) is 3.68. The summed E-state index contributed by atoms with van der Waals surface area (Å²) in [6, 6.07) is 7.91. The van der Waals surface area contributed by atoms with E-state index in [1.54, 1.807) is 30.6 Å². The molecule has 3 aromatic heterocycles. The Bertz CT molecular complexity index is 1110. The molecular weight excluding hydrogens is 298 g/mol. The maximum Gasteiger partial charge on any atom is 0.274 e. The number of nitrogens with one attached hydrogen (secondary N) is 2. The smallest absolute Gasteiger partial charge is 0.274 e. The molecule has 0 aliphatic rings. The van der Waals surface area contributed by atoms with E-state index >= 15 is 0 Å². The predicted octanol–water partition coefficient (Wildman–Crippen LogP) is 2.37. The predicted molar refractivity (Wildman–Crippen MR) is 84.1 cm³/mol. The van der Waals surface area contributed by atoms with Crippen LogP contribution in [0.25, 0.3) is 33.1 Å². The number of nitro groups is 1. The fourth-order valence-electron chi connectivity index (χ4n) is 2.64. The first kappa shape index (κ1) is 13.1. The summed E-state index contributed by atoms with van der Waals surface area (Å²) in [5, 5.41) is 18.4. The number of hydrogen-bond donors (Lipinski definition) is 2. The van der Waals surface area contributed by atoms with Gasteiger partial charge in [-0.15, -0.1) is 0 Å². The molecule has 1 aromatic carbocycles. The SMILES string of the molecule is O=c1[nH]nc(-c2ccncc2)c2[nH]c3ccc([N+](=O)[O-])cc3c12. The zero-order chi connectivity index (χ0) is 16.0. The molecule has 23 heavy (non-hydrogen) atoms. The number of pyridine rings is 1. The molecular formula is C15H9N5O3. The molecule has 4 aromatic rings. The second-order valence-corrected chi connectivity index (χ2v) is 5.00. The van der Waals surface area contributed by atoms with Gasteiger partial charge in [-0.3, -0.25) is 19.9 Å². The summed E-state index contributed by atoms with van der Waals surface area (Å²) in [5.74, 6) is 0. The number of aromatic amines is 2. The summed E-state index contributed by atoms with van der Waals surface area (Å²) in [4.78, 5) is 29.8. The minimum atomic E-state index is -0.489. The molecule has 0 saturated heterocycles. The summed E-state index contributed by atoms with van der Waals surface area (Å²) in [5.41, 5.74) is 2.04. The molecule has 0 atom stereocenters. The molecule has 8 heteroatoms. The van der Waals surface area contributed by atoms with E-state index in [4.69, 9.17) is 0 Å². The first-order valence-corrected chi connectivity index (χ1v) is 6.74. The Morgan fingerprint density at radius 3 is 2.65 bits per heavy atom. The third kappa shape index (κ3) is 1.96. The maximum atomic E-state index is 12.2. The van der Waals surface area contributed by atoms with Crippen LogP contribution < -0.4 is 5.56 Å². The molecule has 3 heterocycles. The van der Waals surface area contributed by atoms with Crippen molar-refractivity contribution in [2.45, 2.75) is 0 Å². The van der Waals surface area contributed by atoms with Gasteiger partial charge in [0.05, 0.1) is 15.8 Å². The number of benzene rings is 1. The Morgan fingerprint density at radius 1 is 1.13 bits per heavy atom. The number of hydrogen-bond acceptors (Lipinski definition) is 5. The molecule has 0 unspecified atom stereocenters. The van der Waals surface area contributed by atoms with Crippen LogP contribution >= 0.6 is 0 Å². The van der Waals surface area contributed by atoms with Crippen molar-refractivity contribution in [3.05, 3.63) is 63.2 Å². The molecule has 0 amide bonds. The van der Waals surface area contributed by atoms with Crippen LogP contribution in [0, 0.1) is 10.1 Å². The monoisotopic (exact) mass is 307 g/mol. The highest BCUT2D eigenvalue weighted by Crippen LogP contribution is 2.30. The number of rotatable bonds is 2. The van der Waals surface area contributed by atoms with Crippen molar-refractivity contribution in [3.63, 3.8) is 0 Å². The molecule has 0 aliphatic heterocycles. The van der Waals surface area contributed by atoms with Gasteiger partial charge < -0.3 is 4.98 Å². The van der Waals surface area contributed by atoms with Crippen LogP contribution in [0.1, 0.15) is 0 Å². The highest BCUT2D eigenvalue weighted by Gasteiger charge is 2.16. The maximum absolute atomic E-state index is 12.2. The van der Waals surface area contributed by atoms with Crippen LogP contribution in [0.15, 0.2) is 47.5 Å². The molecule has 0 spiro atoms. The third-order valence-electron chi connectivity index (χ3n) is 3.68. The lowest BCUT2D eigenvalue weighted by atomic mass is 10.1. The summed E-state index contributed by atoms with van der Waals surface area (Å²) in [6.07, 6.45) is 3.25. The Kier molecular flexibility index (Phi) is 2.70. The Hall–Kier alpha value is -3.55. The van der Waals surface area contributed by atoms with Gasteiger partial charge in [-0.1, -0.05) is 0 Å². The minimum absolute atomic E-state index is 0.0694. The van der Waals surface area contributed by atoms with Crippen molar-refractivity contribution in [3.8, 4) is 11.3 Å². The van der Waals surface area contributed by atoms with E-state index in [9.17, 15) is 14.9 Å². The van der Waals surface area contributed by atoms with Crippen LogP contribution in [-0.4, -0.2) is 25.1 Å². The van der Waals surface area contributed by atoms with Gasteiger partial charge in [0, 0.05) is 41.0 Å². The van der Waals surface area contributed by atoms with Crippen LogP contribution in [0.5, 0.6) is 0 Å².